The Morgan fingerprint density at radius 1 is 1.37 bits per heavy atom. The van der Waals surface area contributed by atoms with Gasteiger partial charge in [0.1, 0.15) is 18.2 Å². The van der Waals surface area contributed by atoms with Gasteiger partial charge in [-0.25, -0.2) is 19.3 Å². The number of rotatable bonds is 4. The maximum atomic E-state index is 15.8. The lowest BCUT2D eigenvalue weighted by molar-refractivity contribution is -0.0731. The number of halogens is 2. The largest absolute Gasteiger partial charge is 0.414 e. The lowest BCUT2D eigenvalue weighted by Gasteiger charge is -2.41. The molecule has 1 saturated carbocycles. The molecule has 0 N–H and O–H groups in total. The Hall–Kier alpha value is -1.09. The van der Waals surface area contributed by atoms with Gasteiger partial charge in [0.15, 0.2) is 31.0 Å². The molecule has 0 spiro atoms. The monoisotopic (exact) mass is 412 g/mol. The molecular weight excluding hydrogens is 387 g/mol. The number of hydrogen-bond donors (Lipinski definition) is 0. The summed E-state index contributed by atoms with van der Waals surface area (Å²) in [4.78, 5) is 12.4. The van der Waals surface area contributed by atoms with Crippen molar-refractivity contribution in [2.75, 3.05) is 6.61 Å². The van der Waals surface area contributed by atoms with Crippen LogP contribution in [0.15, 0.2) is 12.7 Å². The Morgan fingerprint density at radius 2 is 2.11 bits per heavy atom. The highest BCUT2D eigenvalue weighted by molar-refractivity contribution is 6.74. The smallest absolute Gasteiger partial charge is 0.192 e. The maximum absolute atomic E-state index is 15.8. The van der Waals surface area contributed by atoms with Gasteiger partial charge in [0.2, 0.25) is 0 Å². The van der Waals surface area contributed by atoms with Crippen LogP contribution in [0.3, 0.4) is 0 Å². The number of ether oxygens (including phenoxy) is 1. The van der Waals surface area contributed by atoms with E-state index in [1.165, 1.54) is 6.33 Å². The standard InChI is InChI=1S/C18H26ClFN4O2Si/c1-17(2,3)27(4,5)25-8-12-11-6-7-18(11,20)16(26-12)24-10-23-15-13(24)14(19)21-9-22-15/h9-12,16H,6-8H2,1-5H3/t11-,12-,16-,18+/m1/s1. The molecule has 2 aromatic rings. The SMILES string of the molecule is CC(C)(C)[Si](C)(C)OC[C@H]1O[C@@H](n2cnc3ncnc(Cl)c32)[C@]2(F)CC[C@H]12. The maximum Gasteiger partial charge on any atom is 0.192 e. The Balaban J connectivity index is 1.59. The molecule has 2 fully saturated rings. The number of fused-ring (bicyclic) bond motifs is 2. The molecule has 1 aliphatic carbocycles. The first-order valence-corrected chi connectivity index (χ1v) is 12.6. The van der Waals surface area contributed by atoms with E-state index in [0.29, 0.717) is 24.2 Å². The van der Waals surface area contributed by atoms with Crippen LogP contribution < -0.4 is 0 Å². The Morgan fingerprint density at radius 3 is 2.74 bits per heavy atom. The normalized spacial score (nSPS) is 31.1. The topological polar surface area (TPSA) is 62.1 Å². The van der Waals surface area contributed by atoms with Crippen molar-refractivity contribution in [2.45, 2.75) is 69.7 Å². The summed E-state index contributed by atoms with van der Waals surface area (Å²) in [6.45, 7) is 11.4. The van der Waals surface area contributed by atoms with Gasteiger partial charge in [-0.2, -0.15) is 0 Å². The average Bonchev–Trinajstić information content (AvgIpc) is 3.06. The Bertz CT molecular complexity index is 871. The summed E-state index contributed by atoms with van der Waals surface area (Å²) >= 11 is 6.23. The highest BCUT2D eigenvalue weighted by atomic mass is 35.5. The van der Waals surface area contributed by atoms with Crippen LogP contribution in [0.25, 0.3) is 11.2 Å². The summed E-state index contributed by atoms with van der Waals surface area (Å²) in [6.07, 6.45) is 3.11. The van der Waals surface area contributed by atoms with Crippen molar-refractivity contribution in [1.82, 2.24) is 19.5 Å². The molecule has 148 valence electrons. The molecule has 0 radical (unpaired) electrons. The molecule has 4 atom stereocenters. The van der Waals surface area contributed by atoms with Crippen LogP contribution in [0, 0.1) is 5.92 Å². The molecule has 27 heavy (non-hydrogen) atoms. The zero-order valence-electron chi connectivity index (χ0n) is 16.4. The predicted molar refractivity (Wildman–Crippen MR) is 104 cm³/mol. The predicted octanol–water partition coefficient (Wildman–Crippen LogP) is 4.52. The fourth-order valence-electron chi connectivity index (χ4n) is 3.74. The van der Waals surface area contributed by atoms with E-state index in [9.17, 15) is 0 Å². The van der Waals surface area contributed by atoms with E-state index < -0.39 is 20.2 Å². The number of alkyl halides is 1. The van der Waals surface area contributed by atoms with Crippen LogP contribution >= 0.6 is 11.6 Å². The van der Waals surface area contributed by atoms with Crippen LogP contribution in [-0.4, -0.2) is 46.2 Å². The van der Waals surface area contributed by atoms with Crippen molar-refractivity contribution in [2.24, 2.45) is 5.92 Å². The second kappa shape index (κ2) is 6.20. The van der Waals surface area contributed by atoms with E-state index in [2.05, 4.69) is 48.8 Å². The van der Waals surface area contributed by atoms with Crippen LogP contribution in [0.2, 0.25) is 23.3 Å². The van der Waals surface area contributed by atoms with E-state index in [-0.39, 0.29) is 22.2 Å². The van der Waals surface area contributed by atoms with Crippen LogP contribution in [0.4, 0.5) is 4.39 Å². The molecule has 4 rings (SSSR count). The fraction of sp³-hybridized carbons (Fsp3) is 0.722. The summed E-state index contributed by atoms with van der Waals surface area (Å²) < 4.78 is 30.0. The molecule has 2 aromatic heterocycles. The van der Waals surface area contributed by atoms with E-state index in [1.54, 1.807) is 10.9 Å². The van der Waals surface area contributed by atoms with Gasteiger partial charge < -0.3 is 9.16 Å². The van der Waals surface area contributed by atoms with Crippen molar-refractivity contribution < 1.29 is 13.6 Å². The first-order chi connectivity index (χ1) is 12.5. The molecule has 0 aromatic carbocycles. The summed E-state index contributed by atoms with van der Waals surface area (Å²) in [5.74, 6) is -0.173. The second-order valence-corrected chi connectivity index (χ2v) is 14.3. The van der Waals surface area contributed by atoms with Crippen molar-refractivity contribution in [3.63, 3.8) is 0 Å². The summed E-state index contributed by atoms with van der Waals surface area (Å²) in [7, 11) is -1.93. The second-order valence-electron chi connectivity index (χ2n) is 9.16. The number of hydrogen-bond acceptors (Lipinski definition) is 5. The molecular formula is C18H26ClFN4O2Si. The lowest BCUT2D eigenvalue weighted by Crippen LogP contribution is -2.49. The van der Waals surface area contributed by atoms with Gasteiger partial charge in [0.25, 0.3) is 0 Å². The molecule has 0 amide bonds. The quantitative estimate of drug-likeness (QED) is 0.545. The highest BCUT2D eigenvalue weighted by Crippen LogP contribution is 2.58. The molecule has 1 aliphatic heterocycles. The van der Waals surface area contributed by atoms with Gasteiger partial charge in [-0.05, 0) is 31.0 Å². The highest BCUT2D eigenvalue weighted by Gasteiger charge is 2.64. The van der Waals surface area contributed by atoms with Crippen molar-refractivity contribution in [1.29, 1.82) is 0 Å². The van der Waals surface area contributed by atoms with Gasteiger partial charge in [-0.15, -0.1) is 0 Å². The Kier molecular flexibility index (Phi) is 4.42. The van der Waals surface area contributed by atoms with E-state index in [1.807, 2.05) is 0 Å². The lowest BCUT2D eigenvalue weighted by atomic mass is 9.69. The minimum Gasteiger partial charge on any atom is -0.414 e. The Labute approximate surface area is 164 Å². The van der Waals surface area contributed by atoms with Gasteiger partial charge >= 0.3 is 0 Å². The zero-order valence-corrected chi connectivity index (χ0v) is 18.1. The van der Waals surface area contributed by atoms with E-state index in [4.69, 9.17) is 20.8 Å². The van der Waals surface area contributed by atoms with Crippen LogP contribution in [0.1, 0.15) is 39.8 Å². The molecule has 1 saturated heterocycles. The summed E-state index contributed by atoms with van der Waals surface area (Å²) in [5, 5.41) is 0.351. The first-order valence-electron chi connectivity index (χ1n) is 9.36. The molecule has 0 bridgehead atoms. The number of imidazole rings is 1. The first kappa shape index (κ1) is 19.2. The van der Waals surface area contributed by atoms with Crippen molar-refractivity contribution in [3.05, 3.63) is 17.8 Å². The molecule has 0 unspecified atom stereocenters. The molecule has 9 heteroatoms. The summed E-state index contributed by atoms with van der Waals surface area (Å²) in [5.41, 5.74) is -0.481. The van der Waals surface area contributed by atoms with Gasteiger partial charge in [0, 0.05) is 5.92 Å². The fourth-order valence-corrected chi connectivity index (χ4v) is 4.98. The number of aromatic nitrogens is 4. The minimum atomic E-state index is -1.93. The third-order valence-corrected chi connectivity index (χ3v) is 11.4. The van der Waals surface area contributed by atoms with Crippen LogP contribution in [0.5, 0.6) is 0 Å². The average molecular weight is 413 g/mol. The molecule has 3 heterocycles. The number of nitrogens with zero attached hydrogens (tertiary/aromatic N) is 4. The zero-order chi connectivity index (χ0) is 19.6. The minimum absolute atomic E-state index is 0.100. The van der Waals surface area contributed by atoms with Crippen molar-refractivity contribution >= 4 is 31.1 Å². The third kappa shape index (κ3) is 2.92. The van der Waals surface area contributed by atoms with E-state index in [0.717, 1.165) is 6.42 Å². The molecule has 6 nitrogen and oxygen atoms in total. The van der Waals surface area contributed by atoms with Gasteiger partial charge in [-0.1, -0.05) is 32.4 Å². The van der Waals surface area contributed by atoms with Gasteiger partial charge in [-0.3, -0.25) is 4.57 Å². The van der Waals surface area contributed by atoms with Gasteiger partial charge in [0.05, 0.1) is 12.7 Å². The van der Waals surface area contributed by atoms with Crippen molar-refractivity contribution in [3.8, 4) is 0 Å². The van der Waals surface area contributed by atoms with E-state index >= 15 is 4.39 Å². The third-order valence-electron chi connectivity index (χ3n) is 6.61. The summed E-state index contributed by atoms with van der Waals surface area (Å²) in [6, 6.07) is 0. The van der Waals surface area contributed by atoms with Crippen LogP contribution in [-0.2, 0) is 9.16 Å². The molecule has 2 aliphatic rings.